The Morgan fingerprint density at radius 3 is 2.65 bits per heavy atom. The third-order valence-corrected chi connectivity index (χ3v) is 4.39. The summed E-state index contributed by atoms with van der Waals surface area (Å²) in [6.45, 7) is 0.706. The first-order valence-electron chi connectivity index (χ1n) is 7.51. The summed E-state index contributed by atoms with van der Waals surface area (Å²) in [6, 6.07) is 16.4. The van der Waals surface area contributed by atoms with E-state index in [0.29, 0.717) is 22.8 Å². The average molecular weight is 326 g/mol. The van der Waals surface area contributed by atoms with Crippen LogP contribution in [0.25, 0.3) is 0 Å². The van der Waals surface area contributed by atoms with E-state index in [1.165, 1.54) is 0 Å². The molecule has 2 aromatic carbocycles. The minimum Gasteiger partial charge on any atom is -0.317 e. The van der Waals surface area contributed by atoms with Crippen molar-refractivity contribution in [3.05, 3.63) is 64.7 Å². The van der Waals surface area contributed by atoms with Crippen molar-refractivity contribution in [2.24, 2.45) is 0 Å². The summed E-state index contributed by atoms with van der Waals surface area (Å²) in [5, 5.41) is 12.4. The quantitative estimate of drug-likeness (QED) is 0.878. The minimum atomic E-state index is -0.142. The van der Waals surface area contributed by atoms with Crippen LogP contribution in [0.2, 0.25) is 5.02 Å². The van der Waals surface area contributed by atoms with Gasteiger partial charge >= 0.3 is 6.03 Å². The first kappa shape index (κ1) is 15.4. The Balaban J connectivity index is 1.75. The Bertz CT molecular complexity index is 752. The summed E-state index contributed by atoms with van der Waals surface area (Å²) in [7, 11) is 0. The van der Waals surface area contributed by atoms with Crippen LogP contribution in [0.4, 0.5) is 10.5 Å². The number of amides is 2. The van der Waals surface area contributed by atoms with Crippen LogP contribution >= 0.6 is 11.6 Å². The number of likely N-dealkylation sites (tertiary alicyclic amines) is 1. The number of carbonyl (C=O) groups excluding carboxylic acids is 1. The maximum atomic E-state index is 12.6. The predicted octanol–water partition coefficient (Wildman–Crippen LogP) is 4.58. The maximum absolute atomic E-state index is 12.6. The highest BCUT2D eigenvalue weighted by Crippen LogP contribution is 2.35. The number of nitrogens with zero attached hydrogens (tertiary/aromatic N) is 2. The summed E-state index contributed by atoms with van der Waals surface area (Å²) in [5.41, 5.74) is 2.23. The van der Waals surface area contributed by atoms with Crippen LogP contribution in [0.1, 0.15) is 30.0 Å². The highest BCUT2D eigenvalue weighted by molar-refractivity contribution is 6.31. The zero-order valence-electron chi connectivity index (χ0n) is 12.5. The normalized spacial score (nSPS) is 16.9. The molecule has 4 nitrogen and oxygen atoms in total. The SMILES string of the molecule is N#Cc1ccc(NC(=O)N2CCCC2c2ccccc2Cl)cc1. The number of rotatable bonds is 2. The van der Waals surface area contributed by atoms with E-state index in [-0.39, 0.29) is 12.1 Å². The van der Waals surface area contributed by atoms with Gasteiger partial charge in [-0.15, -0.1) is 0 Å². The van der Waals surface area contributed by atoms with Crippen molar-refractivity contribution in [2.75, 3.05) is 11.9 Å². The lowest BCUT2D eigenvalue weighted by Gasteiger charge is -2.26. The van der Waals surface area contributed by atoms with E-state index < -0.39 is 0 Å². The molecule has 2 amide bonds. The molecule has 1 atom stereocenters. The molecule has 1 saturated heterocycles. The molecule has 5 heteroatoms. The molecule has 1 heterocycles. The van der Waals surface area contributed by atoms with Crippen molar-refractivity contribution < 1.29 is 4.79 Å². The Hall–Kier alpha value is -2.51. The smallest absolute Gasteiger partial charge is 0.317 e. The molecule has 1 unspecified atom stereocenters. The van der Waals surface area contributed by atoms with Gasteiger partial charge in [-0.25, -0.2) is 4.79 Å². The van der Waals surface area contributed by atoms with Gasteiger partial charge in [0.15, 0.2) is 0 Å². The van der Waals surface area contributed by atoms with Gasteiger partial charge in [0.05, 0.1) is 17.7 Å². The number of urea groups is 1. The van der Waals surface area contributed by atoms with Gasteiger partial charge in [-0.2, -0.15) is 5.26 Å². The number of hydrogen-bond acceptors (Lipinski definition) is 2. The van der Waals surface area contributed by atoms with E-state index in [0.717, 1.165) is 18.4 Å². The molecule has 1 fully saturated rings. The largest absolute Gasteiger partial charge is 0.322 e. The topological polar surface area (TPSA) is 56.1 Å². The summed E-state index contributed by atoms with van der Waals surface area (Å²) in [5.74, 6) is 0. The number of anilines is 1. The molecule has 0 spiro atoms. The number of halogens is 1. The standard InChI is InChI=1S/C18H16ClN3O/c19-16-5-2-1-4-15(16)17-6-3-11-22(17)18(23)21-14-9-7-13(12-20)8-10-14/h1-2,4-5,7-10,17H,3,6,11H2,(H,21,23). The molecule has 0 aromatic heterocycles. The number of nitriles is 1. The van der Waals surface area contributed by atoms with Crippen molar-refractivity contribution in [2.45, 2.75) is 18.9 Å². The van der Waals surface area contributed by atoms with E-state index in [1.54, 1.807) is 24.3 Å². The van der Waals surface area contributed by atoms with E-state index >= 15 is 0 Å². The summed E-state index contributed by atoms with van der Waals surface area (Å²) in [4.78, 5) is 14.4. The van der Waals surface area contributed by atoms with Crippen LogP contribution < -0.4 is 5.32 Å². The van der Waals surface area contributed by atoms with Crippen molar-refractivity contribution in [1.29, 1.82) is 5.26 Å². The van der Waals surface area contributed by atoms with Gasteiger partial charge < -0.3 is 10.2 Å². The van der Waals surface area contributed by atoms with Crippen molar-refractivity contribution >= 4 is 23.3 Å². The zero-order valence-corrected chi connectivity index (χ0v) is 13.3. The third kappa shape index (κ3) is 3.30. The second-order valence-electron chi connectivity index (χ2n) is 5.49. The van der Waals surface area contributed by atoms with Crippen LogP contribution in [0.5, 0.6) is 0 Å². The minimum absolute atomic E-state index is 0.00193. The molecule has 0 bridgehead atoms. The molecule has 1 N–H and O–H groups in total. The summed E-state index contributed by atoms with van der Waals surface area (Å²) >= 11 is 6.28. The zero-order chi connectivity index (χ0) is 16.2. The third-order valence-electron chi connectivity index (χ3n) is 4.04. The Morgan fingerprint density at radius 1 is 1.22 bits per heavy atom. The first-order valence-corrected chi connectivity index (χ1v) is 7.89. The molecule has 23 heavy (non-hydrogen) atoms. The highest BCUT2D eigenvalue weighted by Gasteiger charge is 2.31. The monoisotopic (exact) mass is 325 g/mol. The molecule has 0 saturated carbocycles. The molecule has 0 aliphatic carbocycles. The van der Waals surface area contributed by atoms with Gasteiger partial charge in [0.1, 0.15) is 0 Å². The van der Waals surface area contributed by atoms with Gasteiger partial charge in [0.25, 0.3) is 0 Å². The molecular weight excluding hydrogens is 310 g/mol. The van der Waals surface area contributed by atoms with Gasteiger partial charge in [0, 0.05) is 17.3 Å². The Labute approximate surface area is 140 Å². The lowest BCUT2D eigenvalue weighted by atomic mass is 10.0. The van der Waals surface area contributed by atoms with Crippen molar-refractivity contribution in [3.63, 3.8) is 0 Å². The lowest BCUT2D eigenvalue weighted by Crippen LogP contribution is -2.34. The molecular formula is C18H16ClN3O. The number of benzene rings is 2. The van der Waals surface area contributed by atoms with Gasteiger partial charge in [-0.1, -0.05) is 29.8 Å². The summed E-state index contributed by atoms with van der Waals surface area (Å²) < 4.78 is 0. The van der Waals surface area contributed by atoms with Crippen molar-refractivity contribution in [3.8, 4) is 6.07 Å². The molecule has 2 aromatic rings. The van der Waals surface area contributed by atoms with Gasteiger partial charge in [0.2, 0.25) is 0 Å². The first-order chi connectivity index (χ1) is 11.2. The summed E-state index contributed by atoms with van der Waals surface area (Å²) in [6.07, 6.45) is 1.86. The molecule has 0 radical (unpaired) electrons. The molecule has 1 aliphatic rings. The molecule has 116 valence electrons. The number of nitrogens with one attached hydrogen (secondary N) is 1. The average Bonchev–Trinajstić information content (AvgIpc) is 3.05. The second-order valence-corrected chi connectivity index (χ2v) is 5.90. The van der Waals surface area contributed by atoms with Crippen LogP contribution in [0, 0.1) is 11.3 Å². The maximum Gasteiger partial charge on any atom is 0.322 e. The Kier molecular flexibility index (Phi) is 4.50. The van der Waals surface area contributed by atoms with Crippen LogP contribution in [0.3, 0.4) is 0 Å². The predicted molar refractivity (Wildman–Crippen MR) is 90.3 cm³/mol. The van der Waals surface area contributed by atoms with E-state index in [9.17, 15) is 4.79 Å². The second kappa shape index (κ2) is 6.72. The van der Waals surface area contributed by atoms with Crippen LogP contribution in [0.15, 0.2) is 48.5 Å². The number of carbonyl (C=O) groups is 1. The molecule has 3 rings (SSSR count). The lowest BCUT2D eigenvalue weighted by molar-refractivity contribution is 0.207. The fourth-order valence-electron chi connectivity index (χ4n) is 2.90. The van der Waals surface area contributed by atoms with Gasteiger partial charge in [-0.05, 0) is 48.7 Å². The highest BCUT2D eigenvalue weighted by atomic mass is 35.5. The fourth-order valence-corrected chi connectivity index (χ4v) is 3.16. The Morgan fingerprint density at radius 2 is 1.96 bits per heavy atom. The fraction of sp³-hybridized carbons (Fsp3) is 0.222. The van der Waals surface area contributed by atoms with Crippen LogP contribution in [-0.2, 0) is 0 Å². The number of hydrogen-bond donors (Lipinski definition) is 1. The van der Waals surface area contributed by atoms with E-state index in [4.69, 9.17) is 16.9 Å². The molecule has 1 aliphatic heterocycles. The van der Waals surface area contributed by atoms with Crippen LogP contribution in [-0.4, -0.2) is 17.5 Å². The van der Waals surface area contributed by atoms with Crippen molar-refractivity contribution in [1.82, 2.24) is 4.90 Å². The van der Waals surface area contributed by atoms with Gasteiger partial charge in [-0.3, -0.25) is 0 Å². The van der Waals surface area contributed by atoms with E-state index in [2.05, 4.69) is 11.4 Å². The van der Waals surface area contributed by atoms with E-state index in [1.807, 2.05) is 29.2 Å².